The number of ether oxygens (including phenoxy) is 2. The molecule has 2 rings (SSSR count). The Kier molecular flexibility index (Phi) is 7.67. The maximum atomic E-state index is 12.1. The van der Waals surface area contributed by atoms with Crippen LogP contribution < -0.4 is 16.0 Å². The van der Waals surface area contributed by atoms with Crippen molar-refractivity contribution in [3.63, 3.8) is 0 Å². The highest BCUT2D eigenvalue weighted by Gasteiger charge is 2.21. The summed E-state index contributed by atoms with van der Waals surface area (Å²) in [5, 5.41) is 8.73. The standard InChI is InChI=1S/C17H25N3O4/c1-2-23-9-4-7-19-16(21)13-5-3-6-14(11-13)20-17(22)15-12-18-8-10-24-15/h3,5-6,11,15,18H,2,4,7-10,12H2,1H3,(H,19,21)(H,20,22). The second-order valence-electron chi connectivity index (χ2n) is 5.44. The van der Waals surface area contributed by atoms with Gasteiger partial charge in [-0.3, -0.25) is 9.59 Å². The van der Waals surface area contributed by atoms with Gasteiger partial charge in [-0.2, -0.15) is 0 Å². The van der Waals surface area contributed by atoms with Crippen molar-refractivity contribution in [2.45, 2.75) is 19.4 Å². The maximum absolute atomic E-state index is 12.1. The van der Waals surface area contributed by atoms with E-state index in [0.717, 1.165) is 13.0 Å². The number of hydrogen-bond donors (Lipinski definition) is 3. The molecule has 1 aromatic carbocycles. The number of carbonyl (C=O) groups excluding carboxylic acids is 2. The van der Waals surface area contributed by atoms with Crippen LogP contribution >= 0.6 is 0 Å². The van der Waals surface area contributed by atoms with Gasteiger partial charge in [0.15, 0.2) is 0 Å². The maximum Gasteiger partial charge on any atom is 0.254 e. The first kappa shape index (κ1) is 18.4. The zero-order chi connectivity index (χ0) is 17.2. The van der Waals surface area contributed by atoms with E-state index in [9.17, 15) is 9.59 Å². The summed E-state index contributed by atoms with van der Waals surface area (Å²) in [4.78, 5) is 24.2. The van der Waals surface area contributed by atoms with Crippen LogP contribution in [0.4, 0.5) is 5.69 Å². The van der Waals surface area contributed by atoms with Crippen LogP contribution in [-0.4, -0.2) is 57.4 Å². The lowest BCUT2D eigenvalue weighted by Gasteiger charge is -2.22. The van der Waals surface area contributed by atoms with Crippen LogP contribution in [0.2, 0.25) is 0 Å². The van der Waals surface area contributed by atoms with Crippen LogP contribution in [0.3, 0.4) is 0 Å². The Morgan fingerprint density at radius 1 is 1.42 bits per heavy atom. The van der Waals surface area contributed by atoms with Gasteiger partial charge in [-0.25, -0.2) is 0 Å². The number of carbonyl (C=O) groups is 2. The van der Waals surface area contributed by atoms with Gasteiger partial charge >= 0.3 is 0 Å². The number of amides is 2. The van der Waals surface area contributed by atoms with Gasteiger partial charge in [0, 0.05) is 44.1 Å². The summed E-state index contributed by atoms with van der Waals surface area (Å²) < 4.78 is 10.6. The Hall–Kier alpha value is -1.96. The lowest BCUT2D eigenvalue weighted by Crippen LogP contribution is -2.45. The molecule has 24 heavy (non-hydrogen) atoms. The molecule has 1 aromatic rings. The van der Waals surface area contributed by atoms with Crippen LogP contribution in [-0.2, 0) is 14.3 Å². The van der Waals surface area contributed by atoms with E-state index in [1.807, 2.05) is 6.92 Å². The Labute approximate surface area is 142 Å². The lowest BCUT2D eigenvalue weighted by molar-refractivity contribution is -0.128. The molecule has 132 valence electrons. The minimum atomic E-state index is -0.505. The van der Waals surface area contributed by atoms with Crippen molar-refractivity contribution >= 4 is 17.5 Å². The summed E-state index contributed by atoms with van der Waals surface area (Å²) in [7, 11) is 0. The molecule has 0 spiro atoms. The molecule has 3 N–H and O–H groups in total. The molecule has 0 radical (unpaired) electrons. The van der Waals surface area contributed by atoms with Crippen LogP contribution in [0, 0.1) is 0 Å². The first-order valence-electron chi connectivity index (χ1n) is 8.30. The van der Waals surface area contributed by atoms with E-state index >= 15 is 0 Å². The first-order chi connectivity index (χ1) is 11.7. The average Bonchev–Trinajstić information content (AvgIpc) is 2.62. The van der Waals surface area contributed by atoms with Gasteiger partial charge in [-0.05, 0) is 31.5 Å². The molecular formula is C17H25N3O4. The molecule has 1 atom stereocenters. The quantitative estimate of drug-likeness (QED) is 0.611. The minimum absolute atomic E-state index is 0.168. The van der Waals surface area contributed by atoms with Gasteiger partial charge in [0.25, 0.3) is 11.8 Å². The summed E-state index contributed by atoms with van der Waals surface area (Å²) >= 11 is 0. The second-order valence-corrected chi connectivity index (χ2v) is 5.44. The van der Waals surface area contributed by atoms with Crippen LogP contribution in [0.25, 0.3) is 0 Å². The highest BCUT2D eigenvalue weighted by molar-refractivity contribution is 5.98. The van der Waals surface area contributed by atoms with Crippen molar-refractivity contribution in [3.8, 4) is 0 Å². The molecule has 0 bridgehead atoms. The molecule has 7 heteroatoms. The fraction of sp³-hybridized carbons (Fsp3) is 0.529. The second kappa shape index (κ2) is 10.0. The van der Waals surface area contributed by atoms with E-state index in [2.05, 4.69) is 16.0 Å². The molecule has 1 fully saturated rings. The normalized spacial score (nSPS) is 17.3. The highest BCUT2D eigenvalue weighted by atomic mass is 16.5. The van der Waals surface area contributed by atoms with E-state index in [0.29, 0.717) is 44.2 Å². The number of benzene rings is 1. The molecule has 2 amide bonds. The molecular weight excluding hydrogens is 310 g/mol. The Bertz CT molecular complexity index is 544. The third kappa shape index (κ3) is 5.92. The van der Waals surface area contributed by atoms with Crippen molar-refractivity contribution in [3.05, 3.63) is 29.8 Å². The van der Waals surface area contributed by atoms with Crippen LogP contribution in [0.5, 0.6) is 0 Å². The molecule has 1 unspecified atom stereocenters. The average molecular weight is 335 g/mol. The fourth-order valence-electron chi connectivity index (χ4n) is 2.32. The number of morpholine rings is 1. The number of anilines is 1. The minimum Gasteiger partial charge on any atom is -0.382 e. The predicted octanol–water partition coefficient (Wildman–Crippen LogP) is 0.770. The van der Waals surface area contributed by atoms with Gasteiger partial charge in [-0.1, -0.05) is 6.07 Å². The Morgan fingerprint density at radius 2 is 2.29 bits per heavy atom. The van der Waals surface area contributed by atoms with Gasteiger partial charge < -0.3 is 25.4 Å². The molecule has 1 aliphatic rings. The molecule has 1 heterocycles. The predicted molar refractivity (Wildman–Crippen MR) is 91.1 cm³/mol. The first-order valence-corrected chi connectivity index (χ1v) is 8.30. The summed E-state index contributed by atoms with van der Waals surface area (Å²) in [5.74, 6) is -0.380. The largest absolute Gasteiger partial charge is 0.382 e. The van der Waals surface area contributed by atoms with E-state index in [1.165, 1.54) is 0 Å². The van der Waals surface area contributed by atoms with Gasteiger partial charge in [0.1, 0.15) is 6.10 Å². The zero-order valence-electron chi connectivity index (χ0n) is 14.0. The molecule has 1 aliphatic heterocycles. The van der Waals surface area contributed by atoms with E-state index in [4.69, 9.17) is 9.47 Å². The molecule has 0 aliphatic carbocycles. The SMILES string of the molecule is CCOCCCNC(=O)c1cccc(NC(=O)C2CNCCO2)c1. The third-order valence-corrected chi connectivity index (χ3v) is 3.57. The monoisotopic (exact) mass is 335 g/mol. The summed E-state index contributed by atoms with van der Waals surface area (Å²) in [6.07, 6.45) is 0.261. The number of hydrogen-bond acceptors (Lipinski definition) is 5. The molecule has 0 saturated carbocycles. The van der Waals surface area contributed by atoms with E-state index in [1.54, 1.807) is 24.3 Å². The van der Waals surface area contributed by atoms with Gasteiger partial charge in [-0.15, -0.1) is 0 Å². The van der Waals surface area contributed by atoms with Crippen molar-refractivity contribution in [1.82, 2.24) is 10.6 Å². The van der Waals surface area contributed by atoms with Crippen LogP contribution in [0.1, 0.15) is 23.7 Å². The Balaban J connectivity index is 1.83. The topological polar surface area (TPSA) is 88.7 Å². The lowest BCUT2D eigenvalue weighted by atomic mass is 10.1. The van der Waals surface area contributed by atoms with Crippen molar-refractivity contribution in [2.24, 2.45) is 0 Å². The van der Waals surface area contributed by atoms with Crippen molar-refractivity contribution < 1.29 is 19.1 Å². The smallest absolute Gasteiger partial charge is 0.254 e. The number of rotatable bonds is 8. The van der Waals surface area contributed by atoms with Crippen molar-refractivity contribution in [2.75, 3.05) is 44.8 Å². The molecule has 7 nitrogen and oxygen atoms in total. The summed E-state index contributed by atoms with van der Waals surface area (Å²) in [6.45, 7) is 5.55. The molecule has 0 aromatic heterocycles. The summed E-state index contributed by atoms with van der Waals surface area (Å²) in [6, 6.07) is 6.86. The highest BCUT2D eigenvalue weighted by Crippen LogP contribution is 2.12. The molecule has 1 saturated heterocycles. The number of nitrogens with one attached hydrogen (secondary N) is 3. The van der Waals surface area contributed by atoms with Crippen LogP contribution in [0.15, 0.2) is 24.3 Å². The zero-order valence-corrected chi connectivity index (χ0v) is 14.0. The van der Waals surface area contributed by atoms with Gasteiger partial charge in [0.05, 0.1) is 6.61 Å². The summed E-state index contributed by atoms with van der Waals surface area (Å²) in [5.41, 5.74) is 1.09. The van der Waals surface area contributed by atoms with Gasteiger partial charge in [0.2, 0.25) is 0 Å². The fourth-order valence-corrected chi connectivity index (χ4v) is 2.32. The van der Waals surface area contributed by atoms with E-state index in [-0.39, 0.29) is 11.8 Å². The van der Waals surface area contributed by atoms with E-state index < -0.39 is 6.10 Å². The Morgan fingerprint density at radius 3 is 3.04 bits per heavy atom. The van der Waals surface area contributed by atoms with Crippen molar-refractivity contribution in [1.29, 1.82) is 0 Å². The third-order valence-electron chi connectivity index (χ3n) is 3.57.